The molecule has 0 bridgehead atoms. The van der Waals surface area contributed by atoms with E-state index in [0.29, 0.717) is 21.7 Å². The van der Waals surface area contributed by atoms with E-state index in [2.05, 4.69) is 9.97 Å². The van der Waals surface area contributed by atoms with E-state index in [9.17, 15) is 14.7 Å². The predicted octanol–water partition coefficient (Wildman–Crippen LogP) is 3.12. The summed E-state index contributed by atoms with van der Waals surface area (Å²) >= 11 is 1.46. The molecule has 0 spiro atoms. The van der Waals surface area contributed by atoms with Gasteiger partial charge in [0.15, 0.2) is 5.82 Å². The molecule has 6 nitrogen and oxygen atoms in total. The standard InChI is InChI=1S/C17H17N3O3S/c1-3-10-9-11-15(24-10)19-14(12-7-5-6-8-18-12)20(16(11)21)13(4-2)17(22)23/h5-9,13H,3-4H2,1-2H3,(H,22,23). The number of thiophene rings is 1. The van der Waals surface area contributed by atoms with E-state index in [1.165, 1.54) is 15.9 Å². The molecule has 24 heavy (non-hydrogen) atoms. The molecule has 0 aromatic carbocycles. The highest BCUT2D eigenvalue weighted by Crippen LogP contribution is 2.27. The maximum atomic E-state index is 13.0. The number of pyridine rings is 1. The summed E-state index contributed by atoms with van der Waals surface area (Å²) in [5, 5.41) is 10.0. The minimum absolute atomic E-state index is 0.285. The summed E-state index contributed by atoms with van der Waals surface area (Å²) in [5.41, 5.74) is 0.161. The van der Waals surface area contributed by atoms with E-state index < -0.39 is 12.0 Å². The normalized spacial score (nSPS) is 12.4. The van der Waals surface area contributed by atoms with Crippen molar-refractivity contribution in [2.24, 2.45) is 0 Å². The van der Waals surface area contributed by atoms with Crippen LogP contribution in [0.2, 0.25) is 0 Å². The average Bonchev–Trinajstić information content (AvgIpc) is 3.01. The third-order valence-electron chi connectivity index (χ3n) is 3.87. The second-order valence-corrected chi connectivity index (χ2v) is 6.49. The number of carboxylic acids is 1. The number of hydrogen-bond donors (Lipinski definition) is 1. The largest absolute Gasteiger partial charge is 0.480 e. The smallest absolute Gasteiger partial charge is 0.326 e. The van der Waals surface area contributed by atoms with Crippen molar-refractivity contribution < 1.29 is 9.90 Å². The third-order valence-corrected chi connectivity index (χ3v) is 5.05. The van der Waals surface area contributed by atoms with E-state index in [-0.39, 0.29) is 12.0 Å². The summed E-state index contributed by atoms with van der Waals surface area (Å²) in [6.45, 7) is 3.75. The molecule has 1 unspecified atom stereocenters. The van der Waals surface area contributed by atoms with Gasteiger partial charge in [0, 0.05) is 11.1 Å². The molecule has 1 N–H and O–H groups in total. The Bertz CT molecular complexity index is 947. The summed E-state index contributed by atoms with van der Waals surface area (Å²) in [6, 6.07) is 6.11. The molecule has 0 saturated heterocycles. The highest BCUT2D eigenvalue weighted by Gasteiger charge is 2.25. The first kappa shape index (κ1) is 16.3. The van der Waals surface area contributed by atoms with Crippen LogP contribution in [0.15, 0.2) is 35.3 Å². The van der Waals surface area contributed by atoms with Gasteiger partial charge >= 0.3 is 5.97 Å². The molecule has 0 amide bonds. The van der Waals surface area contributed by atoms with E-state index >= 15 is 0 Å². The molecule has 3 aromatic rings. The maximum absolute atomic E-state index is 13.0. The van der Waals surface area contributed by atoms with Crippen LogP contribution in [-0.4, -0.2) is 25.6 Å². The van der Waals surface area contributed by atoms with Crippen LogP contribution in [0.3, 0.4) is 0 Å². The maximum Gasteiger partial charge on any atom is 0.326 e. The van der Waals surface area contributed by atoms with Gasteiger partial charge in [-0.1, -0.05) is 19.9 Å². The van der Waals surface area contributed by atoms with Gasteiger partial charge in [-0.25, -0.2) is 9.78 Å². The fraction of sp³-hybridized carbons (Fsp3) is 0.294. The molecule has 0 aliphatic rings. The molecule has 0 aliphatic carbocycles. The van der Waals surface area contributed by atoms with Crippen LogP contribution in [0.4, 0.5) is 0 Å². The zero-order valence-electron chi connectivity index (χ0n) is 13.4. The lowest BCUT2D eigenvalue weighted by atomic mass is 10.2. The summed E-state index contributed by atoms with van der Waals surface area (Å²) in [4.78, 5) is 35.1. The first-order valence-electron chi connectivity index (χ1n) is 7.76. The lowest BCUT2D eigenvalue weighted by molar-refractivity contribution is -0.141. The number of carbonyl (C=O) groups is 1. The molecule has 0 fully saturated rings. The van der Waals surface area contributed by atoms with Crippen molar-refractivity contribution in [2.75, 3.05) is 0 Å². The molecule has 124 valence electrons. The lowest BCUT2D eigenvalue weighted by Crippen LogP contribution is -2.31. The monoisotopic (exact) mass is 343 g/mol. The Balaban J connectivity index is 2.39. The Kier molecular flexibility index (Phi) is 4.44. The second-order valence-electron chi connectivity index (χ2n) is 5.37. The molecule has 1 atom stereocenters. The summed E-state index contributed by atoms with van der Waals surface area (Å²) in [6.07, 6.45) is 2.69. The summed E-state index contributed by atoms with van der Waals surface area (Å²) in [7, 11) is 0. The van der Waals surface area contributed by atoms with Gasteiger partial charge in [-0.2, -0.15) is 0 Å². The van der Waals surface area contributed by atoms with Crippen molar-refractivity contribution in [3.63, 3.8) is 0 Å². The van der Waals surface area contributed by atoms with Crippen molar-refractivity contribution in [1.82, 2.24) is 14.5 Å². The molecule has 3 heterocycles. The molecule has 7 heteroatoms. The fourth-order valence-electron chi connectivity index (χ4n) is 2.65. The van der Waals surface area contributed by atoms with Crippen LogP contribution in [-0.2, 0) is 11.2 Å². The number of carboxylic acid groups (broad SMARTS) is 1. The van der Waals surface area contributed by atoms with Gasteiger partial charge in [-0.3, -0.25) is 14.3 Å². The quantitative estimate of drug-likeness (QED) is 0.769. The van der Waals surface area contributed by atoms with E-state index in [1.807, 2.05) is 13.0 Å². The van der Waals surface area contributed by atoms with Gasteiger partial charge in [0.1, 0.15) is 16.6 Å². The number of hydrogen-bond acceptors (Lipinski definition) is 5. The van der Waals surface area contributed by atoms with Crippen molar-refractivity contribution >= 4 is 27.5 Å². The number of fused-ring (bicyclic) bond motifs is 1. The highest BCUT2D eigenvalue weighted by molar-refractivity contribution is 7.18. The van der Waals surface area contributed by atoms with Crippen LogP contribution in [0.25, 0.3) is 21.7 Å². The molecule has 0 aliphatic heterocycles. The van der Waals surface area contributed by atoms with Crippen LogP contribution >= 0.6 is 11.3 Å². The van der Waals surface area contributed by atoms with Crippen LogP contribution in [0.1, 0.15) is 31.2 Å². The number of aliphatic carboxylic acids is 1. The fourth-order valence-corrected chi connectivity index (χ4v) is 3.61. The van der Waals surface area contributed by atoms with Gasteiger partial charge in [0.05, 0.1) is 5.39 Å². The topological polar surface area (TPSA) is 85.1 Å². The minimum Gasteiger partial charge on any atom is -0.480 e. The Morgan fingerprint density at radius 1 is 1.38 bits per heavy atom. The Morgan fingerprint density at radius 2 is 2.17 bits per heavy atom. The SMILES string of the molecule is CCc1cc2c(=O)n(C(CC)C(=O)O)c(-c3ccccn3)nc2s1. The minimum atomic E-state index is -1.05. The Labute approximate surface area is 142 Å². The first-order chi connectivity index (χ1) is 11.6. The lowest BCUT2D eigenvalue weighted by Gasteiger charge is -2.17. The van der Waals surface area contributed by atoms with E-state index in [0.717, 1.165) is 11.3 Å². The summed E-state index contributed by atoms with van der Waals surface area (Å²) < 4.78 is 1.26. The van der Waals surface area contributed by atoms with Gasteiger partial charge in [0.25, 0.3) is 5.56 Å². The molecule has 3 rings (SSSR count). The number of aromatic nitrogens is 3. The molecule has 0 saturated carbocycles. The van der Waals surface area contributed by atoms with Gasteiger partial charge in [-0.05, 0) is 31.0 Å². The van der Waals surface area contributed by atoms with Crippen molar-refractivity contribution in [1.29, 1.82) is 0 Å². The van der Waals surface area contributed by atoms with E-state index in [4.69, 9.17) is 0 Å². The van der Waals surface area contributed by atoms with Crippen LogP contribution in [0, 0.1) is 0 Å². The Morgan fingerprint density at radius 3 is 2.75 bits per heavy atom. The zero-order valence-corrected chi connectivity index (χ0v) is 14.2. The number of nitrogens with zero attached hydrogens (tertiary/aromatic N) is 3. The molecular weight excluding hydrogens is 326 g/mol. The van der Waals surface area contributed by atoms with Gasteiger partial charge in [0.2, 0.25) is 0 Å². The summed E-state index contributed by atoms with van der Waals surface area (Å²) in [5.74, 6) is -0.754. The van der Waals surface area contributed by atoms with Crippen LogP contribution in [0.5, 0.6) is 0 Å². The van der Waals surface area contributed by atoms with Gasteiger partial charge < -0.3 is 5.11 Å². The molecular formula is C17H17N3O3S. The Hall–Kier alpha value is -2.54. The zero-order chi connectivity index (χ0) is 17.3. The average molecular weight is 343 g/mol. The van der Waals surface area contributed by atoms with Crippen LogP contribution < -0.4 is 5.56 Å². The number of aryl methyl sites for hydroxylation is 1. The van der Waals surface area contributed by atoms with Crippen molar-refractivity contribution in [3.05, 3.63) is 45.7 Å². The highest BCUT2D eigenvalue weighted by atomic mass is 32.1. The van der Waals surface area contributed by atoms with Crippen molar-refractivity contribution in [3.8, 4) is 11.5 Å². The van der Waals surface area contributed by atoms with Gasteiger partial charge in [-0.15, -0.1) is 11.3 Å². The first-order valence-corrected chi connectivity index (χ1v) is 8.57. The third kappa shape index (κ3) is 2.71. The second kappa shape index (κ2) is 6.52. The van der Waals surface area contributed by atoms with Crippen molar-refractivity contribution in [2.45, 2.75) is 32.7 Å². The number of rotatable bonds is 5. The predicted molar refractivity (Wildman–Crippen MR) is 93.5 cm³/mol. The van der Waals surface area contributed by atoms with E-state index in [1.54, 1.807) is 31.3 Å². The molecule has 0 radical (unpaired) electrons. The molecule has 3 aromatic heterocycles.